The van der Waals surface area contributed by atoms with E-state index in [4.69, 9.17) is 10.5 Å². The lowest BCUT2D eigenvalue weighted by molar-refractivity contribution is -0.274. The molecule has 1 unspecified atom stereocenters. The highest BCUT2D eigenvalue weighted by molar-refractivity contribution is 5.28. The molecule has 1 fully saturated rings. The molecule has 1 aromatic carbocycles. The summed E-state index contributed by atoms with van der Waals surface area (Å²) in [6, 6.07) is 5.89. The number of rotatable bonds is 3. The Bertz CT molecular complexity index is 423. The summed E-state index contributed by atoms with van der Waals surface area (Å²) in [6.45, 7) is 1.35. The summed E-state index contributed by atoms with van der Waals surface area (Å²) < 4.78 is 45.4. The van der Waals surface area contributed by atoms with Gasteiger partial charge in [0.25, 0.3) is 0 Å². The van der Waals surface area contributed by atoms with E-state index in [2.05, 4.69) is 4.74 Å². The van der Waals surface area contributed by atoms with E-state index in [1.165, 1.54) is 12.1 Å². The maximum Gasteiger partial charge on any atom is 0.573 e. The van der Waals surface area contributed by atoms with Gasteiger partial charge in [-0.3, -0.25) is 0 Å². The molecule has 112 valence electrons. The van der Waals surface area contributed by atoms with Gasteiger partial charge in [-0.1, -0.05) is 12.1 Å². The molecule has 0 radical (unpaired) electrons. The monoisotopic (exact) mass is 289 g/mol. The fourth-order valence-electron chi connectivity index (χ4n) is 2.42. The zero-order valence-electron chi connectivity index (χ0n) is 11.1. The molecule has 1 aliphatic heterocycles. The third kappa shape index (κ3) is 4.68. The van der Waals surface area contributed by atoms with Crippen molar-refractivity contribution < 1.29 is 22.6 Å². The summed E-state index contributed by atoms with van der Waals surface area (Å²) >= 11 is 0. The van der Waals surface area contributed by atoms with Gasteiger partial charge in [-0.25, -0.2) is 0 Å². The Morgan fingerprint density at radius 3 is 2.50 bits per heavy atom. The lowest BCUT2D eigenvalue weighted by Gasteiger charge is -2.27. The number of hydrogen-bond donors (Lipinski definition) is 1. The average molecular weight is 289 g/mol. The maximum atomic E-state index is 12.1. The molecule has 0 spiro atoms. The molecule has 2 N–H and O–H groups in total. The van der Waals surface area contributed by atoms with Crippen molar-refractivity contribution in [3.8, 4) is 5.75 Å². The number of nitrogens with two attached hydrogens (primary N) is 1. The summed E-state index contributed by atoms with van der Waals surface area (Å²) in [6.07, 6.45) is -1.51. The Kier molecular flexibility index (Phi) is 4.55. The van der Waals surface area contributed by atoms with Crippen molar-refractivity contribution in [2.75, 3.05) is 13.2 Å². The van der Waals surface area contributed by atoms with Gasteiger partial charge in [0.05, 0.1) is 0 Å². The van der Waals surface area contributed by atoms with Crippen molar-refractivity contribution in [1.82, 2.24) is 0 Å². The summed E-state index contributed by atoms with van der Waals surface area (Å²) in [5.41, 5.74) is 6.90. The molecule has 1 aromatic rings. The first-order chi connectivity index (χ1) is 9.36. The molecule has 6 heteroatoms. The highest BCUT2D eigenvalue weighted by atomic mass is 19.4. The van der Waals surface area contributed by atoms with Gasteiger partial charge >= 0.3 is 6.36 Å². The van der Waals surface area contributed by atoms with Crippen LogP contribution in [0.25, 0.3) is 0 Å². The molecule has 2 rings (SSSR count). The third-order valence-corrected chi connectivity index (χ3v) is 3.42. The van der Waals surface area contributed by atoms with Gasteiger partial charge in [0, 0.05) is 18.8 Å². The van der Waals surface area contributed by atoms with E-state index < -0.39 is 6.36 Å². The second-order valence-electron chi connectivity index (χ2n) is 5.20. The lowest BCUT2D eigenvalue weighted by atomic mass is 9.85. The van der Waals surface area contributed by atoms with Gasteiger partial charge in [-0.2, -0.15) is 0 Å². The average Bonchev–Trinajstić information content (AvgIpc) is 2.55. The number of benzene rings is 1. The van der Waals surface area contributed by atoms with E-state index in [0.29, 0.717) is 13.0 Å². The summed E-state index contributed by atoms with van der Waals surface area (Å²) in [4.78, 5) is 0. The van der Waals surface area contributed by atoms with E-state index in [1.807, 2.05) is 0 Å². The first kappa shape index (κ1) is 15.1. The van der Waals surface area contributed by atoms with Gasteiger partial charge in [-0.05, 0) is 43.4 Å². The van der Waals surface area contributed by atoms with E-state index >= 15 is 0 Å². The minimum Gasteiger partial charge on any atom is -0.406 e. The number of alkyl halides is 3. The van der Waals surface area contributed by atoms with E-state index in [1.54, 1.807) is 12.1 Å². The Morgan fingerprint density at radius 2 is 1.85 bits per heavy atom. The standard InChI is InChI=1S/C14H18F3NO2/c15-14(16,17)20-12-4-2-11(3-5-12)10-13(18)6-1-8-19-9-7-13/h2-5H,1,6-10,18H2. The fourth-order valence-corrected chi connectivity index (χ4v) is 2.42. The molecule has 20 heavy (non-hydrogen) atoms. The van der Waals surface area contributed by atoms with Crippen molar-refractivity contribution >= 4 is 0 Å². The van der Waals surface area contributed by atoms with E-state index in [-0.39, 0.29) is 11.3 Å². The smallest absolute Gasteiger partial charge is 0.406 e. The Morgan fingerprint density at radius 1 is 1.15 bits per heavy atom. The van der Waals surface area contributed by atoms with Crippen LogP contribution in [0.15, 0.2) is 24.3 Å². The van der Waals surface area contributed by atoms with Crippen molar-refractivity contribution in [2.24, 2.45) is 5.73 Å². The zero-order chi connectivity index (χ0) is 14.6. The van der Waals surface area contributed by atoms with Crippen LogP contribution < -0.4 is 10.5 Å². The number of ether oxygens (including phenoxy) is 2. The Balaban J connectivity index is 1.99. The van der Waals surface area contributed by atoms with Crippen LogP contribution in [0.5, 0.6) is 5.75 Å². The minimum absolute atomic E-state index is 0.212. The molecule has 0 aromatic heterocycles. The molecule has 1 saturated heterocycles. The predicted molar refractivity (Wildman–Crippen MR) is 68.4 cm³/mol. The van der Waals surface area contributed by atoms with Crippen molar-refractivity contribution in [1.29, 1.82) is 0 Å². The van der Waals surface area contributed by atoms with Crippen molar-refractivity contribution in [3.05, 3.63) is 29.8 Å². The number of halogens is 3. The highest BCUT2D eigenvalue weighted by Crippen LogP contribution is 2.26. The van der Waals surface area contributed by atoms with Gasteiger partial charge < -0.3 is 15.2 Å². The number of hydrogen-bond acceptors (Lipinski definition) is 3. The van der Waals surface area contributed by atoms with Crippen LogP contribution in [0.2, 0.25) is 0 Å². The largest absolute Gasteiger partial charge is 0.573 e. The lowest BCUT2D eigenvalue weighted by Crippen LogP contribution is -2.42. The molecular weight excluding hydrogens is 271 g/mol. The minimum atomic E-state index is -4.66. The zero-order valence-corrected chi connectivity index (χ0v) is 11.1. The van der Waals surface area contributed by atoms with E-state index in [0.717, 1.165) is 31.4 Å². The van der Waals surface area contributed by atoms with Crippen LogP contribution in [-0.2, 0) is 11.2 Å². The van der Waals surface area contributed by atoms with Crippen LogP contribution >= 0.6 is 0 Å². The molecule has 0 saturated carbocycles. The van der Waals surface area contributed by atoms with Crippen LogP contribution in [-0.4, -0.2) is 25.1 Å². The van der Waals surface area contributed by atoms with Gasteiger partial charge in [0.15, 0.2) is 0 Å². The van der Waals surface area contributed by atoms with Crippen LogP contribution in [0, 0.1) is 0 Å². The quantitative estimate of drug-likeness (QED) is 0.930. The molecular formula is C14H18F3NO2. The van der Waals surface area contributed by atoms with E-state index in [9.17, 15) is 13.2 Å². The summed E-state index contributed by atoms with van der Waals surface area (Å²) in [5.74, 6) is -0.212. The van der Waals surface area contributed by atoms with Gasteiger partial charge in [-0.15, -0.1) is 13.2 Å². The second-order valence-corrected chi connectivity index (χ2v) is 5.20. The first-order valence-electron chi connectivity index (χ1n) is 6.58. The molecule has 0 aliphatic carbocycles. The molecule has 1 atom stereocenters. The molecule has 0 bridgehead atoms. The van der Waals surface area contributed by atoms with Crippen molar-refractivity contribution in [3.63, 3.8) is 0 Å². The molecule has 1 heterocycles. The summed E-state index contributed by atoms with van der Waals surface area (Å²) in [7, 11) is 0. The highest BCUT2D eigenvalue weighted by Gasteiger charge is 2.31. The van der Waals surface area contributed by atoms with Crippen LogP contribution in [0.3, 0.4) is 0 Å². The van der Waals surface area contributed by atoms with Gasteiger partial charge in [0.1, 0.15) is 5.75 Å². The Labute approximate surface area is 115 Å². The summed E-state index contributed by atoms with van der Waals surface area (Å²) in [5, 5.41) is 0. The fraction of sp³-hybridized carbons (Fsp3) is 0.571. The van der Waals surface area contributed by atoms with Crippen LogP contribution in [0.1, 0.15) is 24.8 Å². The van der Waals surface area contributed by atoms with Gasteiger partial charge in [0.2, 0.25) is 0 Å². The topological polar surface area (TPSA) is 44.5 Å². The molecule has 1 aliphatic rings. The first-order valence-corrected chi connectivity index (χ1v) is 6.58. The maximum absolute atomic E-state index is 12.1. The molecule has 0 amide bonds. The van der Waals surface area contributed by atoms with Crippen LogP contribution in [0.4, 0.5) is 13.2 Å². The normalized spacial score (nSPS) is 24.2. The second kappa shape index (κ2) is 6.01. The molecule has 3 nitrogen and oxygen atoms in total. The third-order valence-electron chi connectivity index (χ3n) is 3.42. The van der Waals surface area contributed by atoms with Crippen molar-refractivity contribution in [2.45, 2.75) is 37.6 Å². The Hall–Kier alpha value is -1.27. The predicted octanol–water partition coefficient (Wildman–Crippen LogP) is 3.03. The SMILES string of the molecule is NC1(Cc2ccc(OC(F)(F)F)cc2)CCCOCC1.